The van der Waals surface area contributed by atoms with Crippen molar-refractivity contribution in [3.05, 3.63) is 11.6 Å². The van der Waals surface area contributed by atoms with Gasteiger partial charge in [-0.3, -0.25) is 0 Å². The smallest absolute Gasteiger partial charge is 0.330 e. The Bertz CT molecular complexity index is 407. The van der Waals surface area contributed by atoms with E-state index < -0.39 is 37.5 Å². The lowest BCUT2D eigenvalue weighted by Gasteiger charge is -2.20. The van der Waals surface area contributed by atoms with E-state index >= 15 is 0 Å². The average molecular weight is 375 g/mol. The lowest BCUT2D eigenvalue weighted by atomic mass is 9.94. The monoisotopic (exact) mass is 374 g/mol. The van der Waals surface area contributed by atoms with E-state index in [-0.39, 0.29) is 0 Å². The minimum absolute atomic E-state index is 0.437. The molecule has 4 N–H and O–H groups in total. The average Bonchev–Trinajstić information content (AvgIpc) is 2.57. The molecule has 0 fully saturated rings. The van der Waals surface area contributed by atoms with Crippen molar-refractivity contribution in [2.45, 2.75) is 84.5 Å². The van der Waals surface area contributed by atoms with Gasteiger partial charge in [-0.2, -0.15) is 0 Å². The summed E-state index contributed by atoms with van der Waals surface area (Å²) in [5, 5.41) is 37.0. The number of carbonyl (C=O) groups excluding carboxylic acids is 1. The normalized spacial score (nSPS) is 17.0. The number of rotatable bonds is 14. The Morgan fingerprint density at radius 3 is 2.19 bits per heavy atom. The zero-order valence-electron chi connectivity index (χ0n) is 16.7. The van der Waals surface area contributed by atoms with Gasteiger partial charge < -0.3 is 25.2 Å². The molecular formula is C20H38O6. The molecule has 0 rings (SSSR count). The summed E-state index contributed by atoms with van der Waals surface area (Å²) in [6.07, 6.45) is 3.65. The molecule has 6 nitrogen and oxygen atoms in total. The molecule has 0 aromatic rings. The van der Waals surface area contributed by atoms with Gasteiger partial charge in [-0.1, -0.05) is 52.0 Å². The highest BCUT2D eigenvalue weighted by atomic mass is 16.5. The van der Waals surface area contributed by atoms with Crippen molar-refractivity contribution in [3.63, 3.8) is 0 Å². The third kappa shape index (κ3) is 12.4. The van der Waals surface area contributed by atoms with E-state index in [1.165, 1.54) is 25.3 Å². The molecule has 0 saturated carbocycles. The van der Waals surface area contributed by atoms with Crippen LogP contribution in [0.5, 0.6) is 0 Å². The molecule has 0 aliphatic rings. The molecule has 0 aliphatic heterocycles. The first kappa shape index (κ1) is 25.1. The third-order valence-corrected chi connectivity index (χ3v) is 4.48. The van der Waals surface area contributed by atoms with Crippen LogP contribution in [0.3, 0.4) is 0 Å². The molecular weight excluding hydrogens is 336 g/mol. The molecule has 6 heteroatoms. The third-order valence-electron chi connectivity index (χ3n) is 4.48. The van der Waals surface area contributed by atoms with Gasteiger partial charge in [0.2, 0.25) is 0 Å². The molecule has 4 atom stereocenters. The van der Waals surface area contributed by atoms with Crippen molar-refractivity contribution in [1.82, 2.24) is 0 Å². The quantitative estimate of drug-likeness (QED) is 0.274. The van der Waals surface area contributed by atoms with Crippen LogP contribution in [0.2, 0.25) is 0 Å². The van der Waals surface area contributed by atoms with Crippen molar-refractivity contribution >= 4 is 5.97 Å². The van der Waals surface area contributed by atoms with Crippen LogP contribution < -0.4 is 0 Å². The van der Waals surface area contributed by atoms with Gasteiger partial charge in [0.25, 0.3) is 0 Å². The van der Waals surface area contributed by atoms with Crippen LogP contribution >= 0.6 is 0 Å². The summed E-state index contributed by atoms with van der Waals surface area (Å²) in [6.45, 7) is 7.50. The van der Waals surface area contributed by atoms with Crippen LogP contribution in [0.25, 0.3) is 0 Å². The standard InChI is InChI=1S/C20H38O6/c1-14(2)7-5-8-15(3)9-6-10-16(4)11-19(24)26-13-18(23)20(25)17(22)12-21/h11,14-15,17-18,20-23,25H,5-10,12-13H2,1-4H3. The largest absolute Gasteiger partial charge is 0.460 e. The Morgan fingerprint density at radius 2 is 1.62 bits per heavy atom. The van der Waals surface area contributed by atoms with Crippen LogP contribution in [0.15, 0.2) is 11.6 Å². The fourth-order valence-corrected chi connectivity index (χ4v) is 2.69. The van der Waals surface area contributed by atoms with Gasteiger partial charge in [0.05, 0.1) is 6.61 Å². The van der Waals surface area contributed by atoms with Gasteiger partial charge in [0.15, 0.2) is 0 Å². The van der Waals surface area contributed by atoms with E-state index in [9.17, 15) is 20.1 Å². The molecule has 26 heavy (non-hydrogen) atoms. The van der Waals surface area contributed by atoms with E-state index in [4.69, 9.17) is 9.84 Å². The number of carbonyl (C=O) groups is 1. The Hall–Kier alpha value is -0.950. The summed E-state index contributed by atoms with van der Waals surface area (Å²) in [5.41, 5.74) is 0.912. The molecule has 0 bridgehead atoms. The fraction of sp³-hybridized carbons (Fsp3) is 0.850. The zero-order valence-corrected chi connectivity index (χ0v) is 16.7. The highest BCUT2D eigenvalue weighted by Gasteiger charge is 2.25. The second-order valence-electron chi connectivity index (χ2n) is 7.75. The van der Waals surface area contributed by atoms with Crippen molar-refractivity contribution in [2.24, 2.45) is 11.8 Å². The SMILES string of the molecule is CC(=CC(=O)OCC(O)C(O)C(O)CO)CCCC(C)CCCC(C)C. The summed E-state index contributed by atoms with van der Waals surface area (Å²) < 4.78 is 4.88. The number of hydrogen-bond donors (Lipinski definition) is 4. The minimum Gasteiger partial charge on any atom is -0.460 e. The van der Waals surface area contributed by atoms with E-state index in [1.54, 1.807) is 0 Å². The van der Waals surface area contributed by atoms with Gasteiger partial charge in [0, 0.05) is 6.08 Å². The Labute approximate surface area is 157 Å². The van der Waals surface area contributed by atoms with Crippen LogP contribution in [-0.4, -0.2) is 57.9 Å². The topological polar surface area (TPSA) is 107 Å². The van der Waals surface area contributed by atoms with Crippen LogP contribution in [-0.2, 0) is 9.53 Å². The van der Waals surface area contributed by atoms with Crippen molar-refractivity contribution in [1.29, 1.82) is 0 Å². The van der Waals surface area contributed by atoms with Gasteiger partial charge in [-0.15, -0.1) is 0 Å². The highest BCUT2D eigenvalue weighted by Crippen LogP contribution is 2.19. The first-order valence-corrected chi connectivity index (χ1v) is 9.66. The van der Waals surface area contributed by atoms with E-state index in [0.717, 1.165) is 30.8 Å². The Balaban J connectivity index is 4.02. The maximum Gasteiger partial charge on any atom is 0.330 e. The minimum atomic E-state index is -1.56. The number of hydrogen-bond acceptors (Lipinski definition) is 6. The first-order valence-electron chi connectivity index (χ1n) is 9.66. The maximum atomic E-state index is 11.7. The summed E-state index contributed by atoms with van der Waals surface area (Å²) in [7, 11) is 0. The molecule has 0 heterocycles. The first-order chi connectivity index (χ1) is 12.2. The van der Waals surface area contributed by atoms with Crippen molar-refractivity contribution in [2.75, 3.05) is 13.2 Å². The maximum absolute atomic E-state index is 11.7. The van der Waals surface area contributed by atoms with Crippen LogP contribution in [0.4, 0.5) is 0 Å². The number of aliphatic hydroxyl groups is 4. The Morgan fingerprint density at radius 1 is 1.00 bits per heavy atom. The van der Waals surface area contributed by atoms with Crippen LogP contribution in [0.1, 0.15) is 66.2 Å². The number of aliphatic hydroxyl groups excluding tert-OH is 4. The van der Waals surface area contributed by atoms with Gasteiger partial charge >= 0.3 is 5.97 Å². The molecule has 0 aromatic heterocycles. The van der Waals surface area contributed by atoms with Gasteiger partial charge in [-0.25, -0.2) is 4.79 Å². The van der Waals surface area contributed by atoms with Gasteiger partial charge in [-0.05, 0) is 31.6 Å². The summed E-state index contributed by atoms with van der Waals surface area (Å²) in [5.74, 6) is 0.852. The van der Waals surface area contributed by atoms with E-state index in [1.807, 2.05) is 6.92 Å². The summed E-state index contributed by atoms with van der Waals surface area (Å²) >= 11 is 0. The second-order valence-corrected chi connectivity index (χ2v) is 7.75. The summed E-state index contributed by atoms with van der Waals surface area (Å²) in [4.78, 5) is 11.7. The van der Waals surface area contributed by atoms with Crippen molar-refractivity contribution in [3.8, 4) is 0 Å². The number of allylic oxidation sites excluding steroid dienone is 1. The van der Waals surface area contributed by atoms with E-state index in [0.29, 0.717) is 5.92 Å². The van der Waals surface area contributed by atoms with Crippen molar-refractivity contribution < 1.29 is 30.0 Å². The molecule has 0 saturated heterocycles. The van der Waals surface area contributed by atoms with Crippen LogP contribution in [0, 0.1) is 11.8 Å². The fourth-order valence-electron chi connectivity index (χ4n) is 2.69. The lowest BCUT2D eigenvalue weighted by molar-refractivity contribution is -0.146. The molecule has 0 amide bonds. The molecule has 4 unspecified atom stereocenters. The molecule has 0 aliphatic carbocycles. The molecule has 0 spiro atoms. The molecule has 0 radical (unpaired) electrons. The zero-order chi connectivity index (χ0) is 20.1. The Kier molecular flexibility index (Phi) is 13.6. The lowest BCUT2D eigenvalue weighted by Crippen LogP contribution is -2.42. The predicted octanol–water partition coefficient (Wildman–Crippen LogP) is 2.18. The number of esters is 1. The van der Waals surface area contributed by atoms with Gasteiger partial charge in [0.1, 0.15) is 24.9 Å². The van der Waals surface area contributed by atoms with E-state index in [2.05, 4.69) is 20.8 Å². The summed E-state index contributed by atoms with van der Waals surface area (Å²) in [6, 6.07) is 0. The predicted molar refractivity (Wildman–Crippen MR) is 102 cm³/mol. The molecule has 154 valence electrons. The second kappa shape index (κ2) is 14.2. The number of ether oxygens (including phenoxy) is 1. The highest BCUT2D eigenvalue weighted by molar-refractivity contribution is 5.82. The molecule has 0 aromatic carbocycles.